The summed E-state index contributed by atoms with van der Waals surface area (Å²) in [4.78, 5) is 20.6. The SMILES string of the molecule is Cc1ccc(-n2c(SCc3cc(C)on3)nc3sc4c(c3c2=O)CCC4)cc1. The van der Waals surface area contributed by atoms with Crippen LogP contribution in [-0.2, 0) is 18.6 Å². The lowest BCUT2D eigenvalue weighted by molar-refractivity contribution is 0.393. The molecule has 0 radical (unpaired) electrons. The van der Waals surface area contributed by atoms with Crippen LogP contribution in [0, 0.1) is 13.8 Å². The van der Waals surface area contributed by atoms with Crippen LogP contribution in [-0.4, -0.2) is 14.7 Å². The van der Waals surface area contributed by atoms with Crippen LogP contribution in [0.1, 0.15) is 33.9 Å². The zero-order chi connectivity index (χ0) is 19.3. The lowest BCUT2D eigenvalue weighted by atomic mass is 10.2. The topological polar surface area (TPSA) is 60.9 Å². The van der Waals surface area contributed by atoms with E-state index < -0.39 is 0 Å². The molecule has 5 nitrogen and oxygen atoms in total. The number of hydrogen-bond donors (Lipinski definition) is 0. The zero-order valence-corrected chi connectivity index (χ0v) is 17.3. The predicted molar refractivity (Wildman–Crippen MR) is 113 cm³/mol. The molecule has 3 heterocycles. The summed E-state index contributed by atoms with van der Waals surface area (Å²) in [5.74, 6) is 1.39. The molecule has 0 bridgehead atoms. The van der Waals surface area contributed by atoms with Crippen molar-refractivity contribution in [2.45, 2.75) is 44.0 Å². The van der Waals surface area contributed by atoms with E-state index in [2.05, 4.69) is 5.16 Å². The quantitative estimate of drug-likeness (QED) is 0.357. The molecular formula is C21H19N3O2S2. The molecule has 3 aromatic heterocycles. The van der Waals surface area contributed by atoms with Crippen LogP contribution in [0.2, 0.25) is 0 Å². The molecule has 0 saturated heterocycles. The summed E-state index contributed by atoms with van der Waals surface area (Å²) >= 11 is 3.19. The average molecular weight is 410 g/mol. The maximum Gasteiger partial charge on any atom is 0.267 e. The van der Waals surface area contributed by atoms with Crippen LogP contribution in [0.15, 0.2) is 44.8 Å². The third-order valence-corrected chi connectivity index (χ3v) is 7.18. The van der Waals surface area contributed by atoms with Crippen molar-refractivity contribution in [1.29, 1.82) is 0 Å². The molecule has 0 amide bonds. The van der Waals surface area contributed by atoms with Crippen molar-refractivity contribution in [3.05, 3.63) is 68.1 Å². The number of thiophene rings is 1. The predicted octanol–water partition coefficient (Wildman–Crippen LogP) is 4.83. The number of thioether (sulfide) groups is 1. The third kappa shape index (κ3) is 2.99. The molecule has 1 aliphatic rings. The molecule has 0 unspecified atom stereocenters. The first-order valence-corrected chi connectivity index (χ1v) is 11.1. The fourth-order valence-electron chi connectivity index (χ4n) is 3.67. The fourth-order valence-corrected chi connectivity index (χ4v) is 5.86. The number of aromatic nitrogens is 3. The van der Waals surface area contributed by atoms with Crippen molar-refractivity contribution in [3.63, 3.8) is 0 Å². The van der Waals surface area contributed by atoms with E-state index in [9.17, 15) is 4.79 Å². The van der Waals surface area contributed by atoms with Gasteiger partial charge in [-0.05, 0) is 50.8 Å². The Morgan fingerprint density at radius 1 is 1.21 bits per heavy atom. The number of benzene rings is 1. The van der Waals surface area contributed by atoms with Crippen LogP contribution in [0.5, 0.6) is 0 Å². The Balaban J connectivity index is 1.67. The van der Waals surface area contributed by atoms with Crippen molar-refractivity contribution in [3.8, 4) is 5.69 Å². The van der Waals surface area contributed by atoms with Crippen LogP contribution in [0.25, 0.3) is 15.9 Å². The van der Waals surface area contributed by atoms with Crippen molar-refractivity contribution in [2.75, 3.05) is 0 Å². The van der Waals surface area contributed by atoms with Crippen LogP contribution in [0.4, 0.5) is 0 Å². The second kappa shape index (κ2) is 6.90. The first-order chi connectivity index (χ1) is 13.6. The van der Waals surface area contributed by atoms with E-state index in [-0.39, 0.29) is 5.56 Å². The minimum absolute atomic E-state index is 0.0343. The Morgan fingerprint density at radius 2 is 2.04 bits per heavy atom. The highest BCUT2D eigenvalue weighted by Gasteiger charge is 2.24. The van der Waals surface area contributed by atoms with Gasteiger partial charge in [-0.3, -0.25) is 9.36 Å². The average Bonchev–Trinajstić information content (AvgIpc) is 3.37. The highest BCUT2D eigenvalue weighted by Crippen LogP contribution is 2.36. The van der Waals surface area contributed by atoms with Crippen molar-refractivity contribution in [1.82, 2.24) is 14.7 Å². The first kappa shape index (κ1) is 17.7. The molecule has 1 aromatic carbocycles. The molecule has 7 heteroatoms. The van der Waals surface area contributed by atoms with Crippen LogP contribution in [0.3, 0.4) is 0 Å². The molecule has 0 saturated carbocycles. The second-order valence-corrected chi connectivity index (χ2v) is 9.15. The Bertz CT molecular complexity index is 1240. The van der Waals surface area contributed by atoms with E-state index >= 15 is 0 Å². The summed E-state index contributed by atoms with van der Waals surface area (Å²) in [6, 6.07) is 9.95. The van der Waals surface area contributed by atoms with Gasteiger partial charge >= 0.3 is 0 Å². The summed E-state index contributed by atoms with van der Waals surface area (Å²) < 4.78 is 6.92. The molecule has 0 N–H and O–H groups in total. The van der Waals surface area contributed by atoms with Crippen molar-refractivity contribution < 1.29 is 4.52 Å². The van der Waals surface area contributed by atoms with Gasteiger partial charge in [0.2, 0.25) is 0 Å². The van der Waals surface area contributed by atoms with Gasteiger partial charge in [0.25, 0.3) is 5.56 Å². The van der Waals surface area contributed by atoms with Gasteiger partial charge in [-0.15, -0.1) is 11.3 Å². The van der Waals surface area contributed by atoms with E-state index in [1.165, 1.54) is 22.2 Å². The Morgan fingerprint density at radius 3 is 2.79 bits per heavy atom. The molecule has 5 rings (SSSR count). The van der Waals surface area contributed by atoms with E-state index in [1.54, 1.807) is 15.9 Å². The lowest BCUT2D eigenvalue weighted by Gasteiger charge is -2.12. The van der Waals surface area contributed by atoms with Gasteiger partial charge in [-0.2, -0.15) is 0 Å². The minimum Gasteiger partial charge on any atom is -0.361 e. The van der Waals surface area contributed by atoms with E-state index in [0.29, 0.717) is 10.9 Å². The number of fused-ring (bicyclic) bond motifs is 3. The van der Waals surface area contributed by atoms with Crippen molar-refractivity contribution >= 4 is 33.3 Å². The summed E-state index contributed by atoms with van der Waals surface area (Å²) in [5, 5.41) is 5.56. The van der Waals surface area contributed by atoms with Gasteiger partial charge in [0.1, 0.15) is 10.6 Å². The maximum atomic E-state index is 13.6. The van der Waals surface area contributed by atoms with E-state index in [0.717, 1.165) is 52.2 Å². The fraction of sp³-hybridized carbons (Fsp3) is 0.286. The second-order valence-electron chi connectivity index (χ2n) is 7.13. The lowest BCUT2D eigenvalue weighted by Crippen LogP contribution is -2.21. The molecule has 4 aromatic rings. The summed E-state index contributed by atoms with van der Waals surface area (Å²) in [6.45, 7) is 3.92. The molecule has 0 aliphatic heterocycles. The van der Waals surface area contributed by atoms with Gasteiger partial charge in [0, 0.05) is 16.7 Å². The number of aryl methyl sites for hydroxylation is 4. The zero-order valence-electron chi connectivity index (χ0n) is 15.7. The van der Waals surface area contributed by atoms with Gasteiger partial charge in [0.05, 0.1) is 16.8 Å². The monoisotopic (exact) mass is 409 g/mol. The highest BCUT2D eigenvalue weighted by molar-refractivity contribution is 7.98. The molecule has 1 aliphatic carbocycles. The van der Waals surface area contributed by atoms with Gasteiger partial charge in [-0.25, -0.2) is 4.98 Å². The Hall–Kier alpha value is -2.38. The molecule has 142 valence electrons. The van der Waals surface area contributed by atoms with E-state index in [1.807, 2.05) is 44.2 Å². The third-order valence-electron chi connectivity index (χ3n) is 5.03. The maximum absolute atomic E-state index is 13.6. The van der Waals surface area contributed by atoms with Gasteiger partial charge in [0.15, 0.2) is 5.16 Å². The molecular weight excluding hydrogens is 390 g/mol. The Labute approximate surface area is 170 Å². The highest BCUT2D eigenvalue weighted by atomic mass is 32.2. The van der Waals surface area contributed by atoms with Gasteiger partial charge < -0.3 is 4.52 Å². The van der Waals surface area contributed by atoms with Crippen molar-refractivity contribution in [2.24, 2.45) is 0 Å². The smallest absolute Gasteiger partial charge is 0.267 e. The molecule has 28 heavy (non-hydrogen) atoms. The Kier molecular flexibility index (Phi) is 4.36. The number of rotatable bonds is 4. The standard InChI is InChI=1S/C21H19N3O2S2/c1-12-6-8-15(9-7-12)24-20(25)18-16-4-3-5-17(16)28-19(18)22-21(24)27-11-14-10-13(2)26-23-14/h6-10H,3-5,11H2,1-2H3. The first-order valence-electron chi connectivity index (χ1n) is 9.29. The normalized spacial score (nSPS) is 13.4. The largest absolute Gasteiger partial charge is 0.361 e. The van der Waals surface area contributed by atoms with E-state index in [4.69, 9.17) is 9.51 Å². The summed E-state index contributed by atoms with van der Waals surface area (Å²) in [7, 11) is 0. The summed E-state index contributed by atoms with van der Waals surface area (Å²) in [6.07, 6.45) is 3.16. The van der Waals surface area contributed by atoms with Crippen LogP contribution >= 0.6 is 23.1 Å². The number of nitrogens with zero attached hydrogens (tertiary/aromatic N) is 3. The van der Waals surface area contributed by atoms with Gasteiger partial charge in [-0.1, -0.05) is 34.6 Å². The molecule has 0 atom stereocenters. The summed E-state index contributed by atoms with van der Waals surface area (Å²) in [5.41, 5.74) is 4.10. The number of hydrogen-bond acceptors (Lipinski definition) is 6. The van der Waals surface area contributed by atoms with Crippen LogP contribution < -0.4 is 5.56 Å². The molecule has 0 spiro atoms. The molecule has 0 fully saturated rings. The minimum atomic E-state index is 0.0343.